The van der Waals surface area contributed by atoms with Crippen LogP contribution in [0.1, 0.15) is 92.2 Å². The molecular weight excluding hydrogens is 1220 g/mol. The molecular formula is C61H72BBrIN7O5S3. The predicted octanol–water partition coefficient (Wildman–Crippen LogP) is 14.2. The second-order valence-corrected chi connectivity index (χ2v) is 21.7. The zero-order valence-electron chi connectivity index (χ0n) is 44.3. The maximum Gasteiger partial charge on any atom is 0.488 e. The van der Waals surface area contributed by atoms with Gasteiger partial charge in [0.1, 0.15) is 26.6 Å². The molecule has 79 heavy (non-hydrogen) atoms. The number of hydrogen-bond donors (Lipinski definition) is 3. The molecule has 6 aromatic heterocycles. The molecule has 0 unspecified atom stereocenters. The zero-order valence-corrected chi connectivity index (χ0v) is 50.7. The van der Waals surface area contributed by atoms with E-state index in [-0.39, 0.29) is 64.2 Å². The largest absolute Gasteiger partial charge is 0.488 e. The van der Waals surface area contributed by atoms with Gasteiger partial charge in [0.2, 0.25) is 0 Å². The highest BCUT2D eigenvalue weighted by Crippen LogP contribution is 2.31. The van der Waals surface area contributed by atoms with Crippen molar-refractivity contribution in [1.29, 1.82) is 0 Å². The molecule has 416 valence electrons. The van der Waals surface area contributed by atoms with E-state index < -0.39 is 7.12 Å². The van der Waals surface area contributed by atoms with Crippen LogP contribution in [0, 0.1) is 41.5 Å². The summed E-state index contributed by atoms with van der Waals surface area (Å²) < 4.78 is 1.04. The number of ketones is 3. The Bertz CT molecular complexity index is 3240. The lowest BCUT2D eigenvalue weighted by molar-refractivity contribution is -0.118. The summed E-state index contributed by atoms with van der Waals surface area (Å²) in [5, 5.41) is 26.2. The highest BCUT2D eigenvalue weighted by atomic mass is 127. The Morgan fingerprint density at radius 3 is 1.13 bits per heavy atom. The van der Waals surface area contributed by atoms with Crippen molar-refractivity contribution in [3.05, 3.63) is 179 Å². The minimum absolute atomic E-state index is 0. The molecule has 0 spiro atoms. The number of aryl methyl sites for hydroxylation is 6. The molecule has 0 bridgehead atoms. The second-order valence-electron chi connectivity index (χ2n) is 17.9. The average molecular weight is 1300 g/mol. The number of nitrogens with two attached hydrogens (primary N) is 1. The van der Waals surface area contributed by atoms with Crippen LogP contribution in [0.2, 0.25) is 0 Å². The van der Waals surface area contributed by atoms with Crippen molar-refractivity contribution in [3.63, 3.8) is 0 Å². The molecule has 0 atom stereocenters. The molecule has 3 aromatic carbocycles. The Morgan fingerprint density at radius 2 is 0.797 bits per heavy atom. The van der Waals surface area contributed by atoms with Crippen LogP contribution >= 0.6 is 73.9 Å². The molecule has 0 aliphatic rings. The first kappa shape index (κ1) is 67.4. The Morgan fingerprint density at radius 1 is 0.481 bits per heavy atom. The zero-order chi connectivity index (χ0) is 54.9. The van der Waals surface area contributed by atoms with E-state index in [2.05, 4.69) is 100 Å². The molecule has 0 amide bonds. The summed E-state index contributed by atoms with van der Waals surface area (Å²) in [6.07, 6.45) is 2.33. The number of hydrogen-bond acceptors (Lipinski definition) is 15. The van der Waals surface area contributed by atoms with Crippen molar-refractivity contribution in [3.8, 4) is 56.0 Å². The van der Waals surface area contributed by atoms with E-state index in [1.54, 1.807) is 34.8 Å². The van der Waals surface area contributed by atoms with Gasteiger partial charge in [0, 0.05) is 85.7 Å². The van der Waals surface area contributed by atoms with E-state index in [0.717, 1.165) is 104 Å². The fourth-order valence-electron chi connectivity index (χ4n) is 7.78. The summed E-state index contributed by atoms with van der Waals surface area (Å²) in [7, 11) is -1.39. The van der Waals surface area contributed by atoms with Crippen LogP contribution in [0.15, 0.2) is 130 Å². The van der Waals surface area contributed by atoms with Gasteiger partial charge in [0.15, 0.2) is 5.78 Å². The second kappa shape index (κ2) is 33.0. The third kappa shape index (κ3) is 21.3. The number of aromatic nitrogens is 6. The molecule has 18 heteroatoms. The minimum Gasteiger partial charge on any atom is -0.423 e. The SMILES string of the molecule is C.C.CCC(=O)Cc1nc(-c2cccc(-c3cc(C)nc(C)c3)c2)cs1.CCC(=O)Cc1nc(-c2cccc(Br)c2)cs1.Cc1cc(-c2cccc(-c3csc(CC(=O)CN)n3)c2)cc(C)n1.Cc1cc(B(O)O)cc(C)n1.I.[HH]. The molecule has 9 rings (SSSR count). The summed E-state index contributed by atoms with van der Waals surface area (Å²) in [5.74, 6) is 0.472. The number of carbonyl (C=O) groups excluding carboxylic acids is 3. The van der Waals surface area contributed by atoms with Crippen LogP contribution in [-0.4, -0.2) is 71.0 Å². The first-order chi connectivity index (χ1) is 36.4. The van der Waals surface area contributed by atoms with E-state index in [4.69, 9.17) is 15.8 Å². The highest BCUT2D eigenvalue weighted by Gasteiger charge is 2.14. The van der Waals surface area contributed by atoms with Crippen molar-refractivity contribution >= 4 is 104 Å². The van der Waals surface area contributed by atoms with E-state index in [1.165, 1.54) is 16.9 Å². The fourth-order valence-corrected chi connectivity index (χ4v) is 10.7. The van der Waals surface area contributed by atoms with Crippen molar-refractivity contribution < 1.29 is 25.9 Å². The average Bonchev–Trinajstić information content (AvgIpc) is 4.19. The van der Waals surface area contributed by atoms with Crippen LogP contribution in [0.5, 0.6) is 0 Å². The van der Waals surface area contributed by atoms with E-state index in [1.807, 2.05) is 114 Å². The molecule has 0 fully saturated rings. The summed E-state index contributed by atoms with van der Waals surface area (Å²) >= 11 is 8.04. The van der Waals surface area contributed by atoms with E-state index >= 15 is 0 Å². The van der Waals surface area contributed by atoms with Crippen molar-refractivity contribution in [1.82, 2.24) is 29.9 Å². The summed E-state index contributed by atoms with van der Waals surface area (Å²) in [6.45, 7) is 15.5. The number of nitrogens with zero attached hydrogens (tertiary/aromatic N) is 6. The number of rotatable bonds is 15. The predicted molar refractivity (Wildman–Crippen MR) is 346 cm³/mol. The quantitative estimate of drug-likeness (QED) is 0.0650. The van der Waals surface area contributed by atoms with Gasteiger partial charge < -0.3 is 15.8 Å². The van der Waals surface area contributed by atoms with Gasteiger partial charge in [-0.15, -0.1) is 58.0 Å². The summed E-state index contributed by atoms with van der Waals surface area (Å²) in [4.78, 5) is 61.0. The van der Waals surface area contributed by atoms with Gasteiger partial charge in [-0.25, -0.2) is 15.0 Å². The normalized spacial score (nSPS) is 10.2. The van der Waals surface area contributed by atoms with Gasteiger partial charge in [-0.3, -0.25) is 29.3 Å². The summed E-state index contributed by atoms with van der Waals surface area (Å²) in [6, 6.07) is 36.3. The maximum absolute atomic E-state index is 11.6. The van der Waals surface area contributed by atoms with Crippen LogP contribution in [0.25, 0.3) is 56.0 Å². The lowest BCUT2D eigenvalue weighted by Crippen LogP contribution is -2.30. The smallest absolute Gasteiger partial charge is 0.423 e. The van der Waals surface area contributed by atoms with Crippen LogP contribution < -0.4 is 11.2 Å². The monoisotopic (exact) mass is 1300 g/mol. The van der Waals surface area contributed by atoms with Crippen molar-refractivity contribution in [2.24, 2.45) is 5.73 Å². The summed E-state index contributed by atoms with van der Waals surface area (Å²) in [5.41, 5.74) is 22.1. The fraction of sp³-hybridized carbons (Fsp3) is 0.262. The Hall–Kier alpha value is -5.84. The molecule has 0 aliphatic carbocycles. The molecule has 0 radical (unpaired) electrons. The number of carbonyl (C=O) groups is 3. The van der Waals surface area contributed by atoms with Gasteiger partial charge >= 0.3 is 7.12 Å². The number of pyridine rings is 3. The van der Waals surface area contributed by atoms with Crippen LogP contribution in [-0.2, 0) is 33.6 Å². The molecule has 4 N–H and O–H groups in total. The number of Topliss-reactive ketones (excluding diaryl/α,β-unsaturated/α-hetero) is 3. The number of thiazole rings is 3. The molecule has 0 saturated carbocycles. The van der Waals surface area contributed by atoms with Gasteiger partial charge in [0.25, 0.3) is 0 Å². The van der Waals surface area contributed by atoms with E-state index in [0.29, 0.717) is 37.6 Å². The molecule has 6 heterocycles. The van der Waals surface area contributed by atoms with Crippen molar-refractivity contribution in [2.45, 2.75) is 102 Å². The van der Waals surface area contributed by atoms with Gasteiger partial charge in [0.05, 0.1) is 42.9 Å². The lowest BCUT2D eigenvalue weighted by atomic mass is 9.80. The third-order valence-corrected chi connectivity index (χ3v) is 14.4. The Balaban J connectivity index is 0.000000371. The molecule has 9 aromatic rings. The molecule has 0 saturated heterocycles. The molecule has 12 nitrogen and oxygen atoms in total. The number of benzene rings is 3. The van der Waals surface area contributed by atoms with Gasteiger partial charge in [-0.05, 0) is 130 Å². The highest BCUT2D eigenvalue weighted by molar-refractivity contribution is 14.0. The van der Waals surface area contributed by atoms with Gasteiger partial charge in [-0.2, -0.15) is 0 Å². The topological polar surface area (TPSA) is 195 Å². The van der Waals surface area contributed by atoms with Crippen LogP contribution in [0.4, 0.5) is 0 Å². The first-order valence-corrected chi connectivity index (χ1v) is 28.1. The maximum atomic E-state index is 11.6. The Labute approximate surface area is 505 Å². The third-order valence-electron chi connectivity index (χ3n) is 11.4. The molecule has 0 aliphatic heterocycles. The standard InChI is InChI=1S/C20H20N2OS.C19H19N3OS.C13H12BrNOS.C7H10BNO2.2CH4.HI.H2/c1-4-18(23)11-20-22-19(12-24-20)16-7-5-6-15(10-16)17-8-13(2)21-14(3)9-17;1-12-6-16(7-13(2)21-12)14-4-3-5-15(8-14)18-11-24-19(22-18)9-17(23)10-20;1-2-11(16)7-13-15-12(8-17-13)9-4-3-5-10(14)6-9;1-5-3-7(8(10)11)4-6(2)9-5;;;;/h5-10,12H,4,11H2,1-3H3;3-8,11H,9-10,20H2,1-2H3;3-6,8H,2,7H2,1H3;3-4,10-11H,1-2H3;2*1H4;2*1H. The van der Waals surface area contributed by atoms with Crippen molar-refractivity contribution in [2.75, 3.05) is 6.54 Å². The number of halogens is 2. The van der Waals surface area contributed by atoms with E-state index in [9.17, 15) is 14.4 Å². The Kier molecular flexibility index (Phi) is 28.2. The van der Waals surface area contributed by atoms with Crippen LogP contribution in [0.3, 0.4) is 0 Å². The first-order valence-electron chi connectivity index (χ1n) is 24.7. The lowest BCUT2D eigenvalue weighted by Gasteiger charge is -2.06. The minimum atomic E-state index is -1.39. The van der Waals surface area contributed by atoms with Gasteiger partial charge in [-0.1, -0.05) is 93.2 Å².